The predicted octanol–water partition coefficient (Wildman–Crippen LogP) is 1.08. The Morgan fingerprint density at radius 3 is 3.08 bits per heavy atom. The number of hydrogen-bond acceptors (Lipinski definition) is 3. The number of nitrogens with zero attached hydrogens (tertiary/aromatic N) is 2. The maximum atomic E-state index is 5.73. The first-order valence-corrected chi connectivity index (χ1v) is 4.38. The molecule has 0 radical (unpaired) electrons. The quantitative estimate of drug-likeness (QED) is 0.612. The molecule has 12 heavy (non-hydrogen) atoms. The average Bonchev–Trinajstić information content (AvgIpc) is 2.04. The molecule has 64 valence electrons. The third kappa shape index (κ3) is 1.30. The Morgan fingerprint density at radius 1 is 1.42 bits per heavy atom. The van der Waals surface area contributed by atoms with E-state index in [1.807, 2.05) is 6.92 Å². The van der Waals surface area contributed by atoms with E-state index in [0.717, 1.165) is 30.9 Å². The summed E-state index contributed by atoms with van der Waals surface area (Å²) in [6, 6.07) is 0. The van der Waals surface area contributed by atoms with Crippen LogP contribution in [0.3, 0.4) is 0 Å². The first-order chi connectivity index (χ1) is 5.77. The molecule has 0 aliphatic carbocycles. The minimum Gasteiger partial charge on any atom is -0.311 e. The lowest BCUT2D eigenvalue weighted by molar-refractivity contribution is 0.619. The van der Waals surface area contributed by atoms with Crippen molar-refractivity contribution in [2.75, 3.05) is 6.54 Å². The molecule has 1 N–H and O–H groups in total. The zero-order chi connectivity index (χ0) is 8.55. The molecule has 0 spiro atoms. The van der Waals surface area contributed by atoms with Crippen molar-refractivity contribution in [2.45, 2.75) is 19.9 Å². The largest absolute Gasteiger partial charge is 0.311 e. The summed E-state index contributed by atoms with van der Waals surface area (Å²) in [6.07, 6.45) is 1.01. The molecule has 0 saturated heterocycles. The maximum Gasteiger partial charge on any atom is 0.222 e. The summed E-state index contributed by atoms with van der Waals surface area (Å²) in [5.41, 5.74) is 3.34. The van der Waals surface area contributed by atoms with Crippen molar-refractivity contribution in [3.63, 3.8) is 0 Å². The normalized spacial score (nSPS) is 15.8. The van der Waals surface area contributed by atoms with Crippen molar-refractivity contribution in [2.24, 2.45) is 0 Å². The van der Waals surface area contributed by atoms with Gasteiger partial charge in [0.15, 0.2) is 0 Å². The molecule has 1 aliphatic rings. The van der Waals surface area contributed by atoms with Gasteiger partial charge in [-0.15, -0.1) is 0 Å². The van der Waals surface area contributed by atoms with Gasteiger partial charge in [0, 0.05) is 12.2 Å². The fraction of sp³-hybridized carbons (Fsp3) is 0.500. The van der Waals surface area contributed by atoms with Gasteiger partial charge in [-0.2, -0.15) is 0 Å². The second kappa shape index (κ2) is 2.99. The van der Waals surface area contributed by atoms with Gasteiger partial charge in [0.05, 0.1) is 5.69 Å². The van der Waals surface area contributed by atoms with Crippen LogP contribution < -0.4 is 5.32 Å². The van der Waals surface area contributed by atoms with Crippen LogP contribution in [0.2, 0.25) is 5.28 Å². The second-order valence-electron chi connectivity index (χ2n) is 2.93. The summed E-state index contributed by atoms with van der Waals surface area (Å²) >= 11 is 5.73. The minimum atomic E-state index is 0.356. The van der Waals surface area contributed by atoms with Gasteiger partial charge < -0.3 is 5.32 Å². The molecule has 1 aromatic rings. The third-order valence-electron chi connectivity index (χ3n) is 2.12. The minimum absolute atomic E-state index is 0.356. The van der Waals surface area contributed by atoms with E-state index >= 15 is 0 Å². The summed E-state index contributed by atoms with van der Waals surface area (Å²) in [4.78, 5) is 8.28. The average molecular weight is 184 g/mol. The van der Waals surface area contributed by atoms with Crippen LogP contribution in [-0.4, -0.2) is 16.5 Å². The summed E-state index contributed by atoms with van der Waals surface area (Å²) in [7, 11) is 0. The molecule has 0 bridgehead atoms. The molecular weight excluding hydrogens is 174 g/mol. The zero-order valence-electron chi connectivity index (χ0n) is 6.89. The van der Waals surface area contributed by atoms with Gasteiger partial charge in [-0.3, -0.25) is 0 Å². The van der Waals surface area contributed by atoms with Crippen LogP contribution in [0.1, 0.15) is 17.0 Å². The maximum absolute atomic E-state index is 5.73. The number of aromatic nitrogens is 2. The van der Waals surface area contributed by atoms with Gasteiger partial charge in [0.2, 0.25) is 5.28 Å². The van der Waals surface area contributed by atoms with Crippen LogP contribution in [-0.2, 0) is 13.0 Å². The van der Waals surface area contributed by atoms with Crippen LogP contribution in [0, 0.1) is 6.92 Å². The van der Waals surface area contributed by atoms with E-state index in [9.17, 15) is 0 Å². The first kappa shape index (κ1) is 7.95. The lowest BCUT2D eigenvalue weighted by atomic mass is 10.1. The van der Waals surface area contributed by atoms with Gasteiger partial charge in [-0.1, -0.05) is 0 Å². The molecule has 0 amide bonds. The highest BCUT2D eigenvalue weighted by atomic mass is 35.5. The van der Waals surface area contributed by atoms with Gasteiger partial charge in [-0.25, -0.2) is 9.97 Å². The highest BCUT2D eigenvalue weighted by Gasteiger charge is 2.13. The third-order valence-corrected chi connectivity index (χ3v) is 2.29. The highest BCUT2D eigenvalue weighted by molar-refractivity contribution is 6.28. The zero-order valence-corrected chi connectivity index (χ0v) is 7.65. The van der Waals surface area contributed by atoms with E-state index in [0.29, 0.717) is 5.28 Å². The molecule has 0 fully saturated rings. The summed E-state index contributed by atoms with van der Waals surface area (Å²) in [5, 5.41) is 3.60. The molecule has 4 heteroatoms. The fourth-order valence-electron chi connectivity index (χ4n) is 1.51. The summed E-state index contributed by atoms with van der Waals surface area (Å²) in [5.74, 6) is 0. The molecular formula is C8H10ClN3. The lowest BCUT2D eigenvalue weighted by Crippen LogP contribution is -2.26. The SMILES string of the molecule is Cc1nc(Cl)nc2c1CCNC2. The lowest BCUT2D eigenvalue weighted by Gasteiger charge is -2.17. The van der Waals surface area contributed by atoms with E-state index in [2.05, 4.69) is 15.3 Å². The number of nitrogens with one attached hydrogen (secondary N) is 1. The molecule has 1 aromatic heterocycles. The monoisotopic (exact) mass is 183 g/mol. The van der Waals surface area contributed by atoms with Crippen LogP contribution in [0.5, 0.6) is 0 Å². The molecule has 0 saturated carbocycles. The van der Waals surface area contributed by atoms with Crippen molar-refractivity contribution in [3.05, 3.63) is 22.2 Å². The van der Waals surface area contributed by atoms with E-state index in [-0.39, 0.29) is 0 Å². The van der Waals surface area contributed by atoms with Crippen LogP contribution >= 0.6 is 11.6 Å². The summed E-state index contributed by atoms with van der Waals surface area (Å²) < 4.78 is 0. The Bertz CT molecular complexity index is 311. The molecule has 0 aromatic carbocycles. The Balaban J connectivity index is 2.53. The van der Waals surface area contributed by atoms with Crippen LogP contribution in [0.15, 0.2) is 0 Å². The Morgan fingerprint density at radius 2 is 2.25 bits per heavy atom. The number of aryl methyl sites for hydroxylation is 1. The van der Waals surface area contributed by atoms with Crippen molar-refractivity contribution in [1.82, 2.24) is 15.3 Å². The van der Waals surface area contributed by atoms with Crippen molar-refractivity contribution < 1.29 is 0 Å². The molecule has 1 aliphatic heterocycles. The van der Waals surface area contributed by atoms with Crippen molar-refractivity contribution in [3.8, 4) is 0 Å². The van der Waals surface area contributed by atoms with Crippen LogP contribution in [0.4, 0.5) is 0 Å². The number of rotatable bonds is 0. The van der Waals surface area contributed by atoms with Gasteiger partial charge >= 0.3 is 0 Å². The molecule has 0 atom stereocenters. The van der Waals surface area contributed by atoms with E-state index in [1.54, 1.807) is 0 Å². The second-order valence-corrected chi connectivity index (χ2v) is 3.27. The van der Waals surface area contributed by atoms with Gasteiger partial charge in [-0.05, 0) is 37.1 Å². The van der Waals surface area contributed by atoms with Crippen molar-refractivity contribution in [1.29, 1.82) is 0 Å². The topological polar surface area (TPSA) is 37.8 Å². The van der Waals surface area contributed by atoms with E-state index in [1.165, 1.54) is 5.56 Å². The highest BCUT2D eigenvalue weighted by Crippen LogP contribution is 2.16. The summed E-state index contributed by atoms with van der Waals surface area (Å²) in [6.45, 7) is 3.81. The standard InChI is InChI=1S/C8H10ClN3/c1-5-6-2-3-10-4-7(6)12-8(9)11-5/h10H,2-4H2,1H3. The Hall–Kier alpha value is -0.670. The number of halogens is 1. The molecule has 0 unspecified atom stereocenters. The Kier molecular flexibility index (Phi) is 1.98. The number of hydrogen-bond donors (Lipinski definition) is 1. The number of fused-ring (bicyclic) bond motifs is 1. The van der Waals surface area contributed by atoms with Crippen LogP contribution in [0.25, 0.3) is 0 Å². The fourth-order valence-corrected chi connectivity index (χ4v) is 1.74. The predicted molar refractivity (Wildman–Crippen MR) is 47.2 cm³/mol. The smallest absolute Gasteiger partial charge is 0.222 e. The molecule has 2 heterocycles. The van der Waals surface area contributed by atoms with Crippen molar-refractivity contribution >= 4 is 11.6 Å². The van der Waals surface area contributed by atoms with E-state index in [4.69, 9.17) is 11.6 Å². The first-order valence-electron chi connectivity index (χ1n) is 4.00. The molecule has 2 rings (SSSR count). The van der Waals surface area contributed by atoms with Gasteiger partial charge in [0.25, 0.3) is 0 Å². The Labute approximate surface area is 76.2 Å². The molecule has 3 nitrogen and oxygen atoms in total. The van der Waals surface area contributed by atoms with Gasteiger partial charge in [0.1, 0.15) is 0 Å². The van der Waals surface area contributed by atoms with E-state index < -0.39 is 0 Å².